The van der Waals surface area contributed by atoms with E-state index in [1.165, 1.54) is 16.8 Å². The molecule has 0 aliphatic carbocycles. The maximum Gasteiger partial charge on any atom is 0.243 e. The second-order valence-corrected chi connectivity index (χ2v) is 9.46. The maximum absolute atomic E-state index is 13.2. The number of carbonyl (C=O) groups excluding carboxylic acids is 4. The number of H-pyrrole nitrogens is 1. The number of aromatic amines is 1. The van der Waals surface area contributed by atoms with Gasteiger partial charge in [-0.3, -0.25) is 19.2 Å². The maximum atomic E-state index is 13.2. The number of rotatable bonds is 8. The fourth-order valence-electron chi connectivity index (χ4n) is 4.01. The Morgan fingerprint density at radius 1 is 1.06 bits per heavy atom. The minimum atomic E-state index is -0.919. The van der Waals surface area contributed by atoms with Crippen molar-refractivity contribution in [1.29, 1.82) is 0 Å². The number of halogens is 2. The molecule has 3 aromatic rings. The van der Waals surface area contributed by atoms with Gasteiger partial charge >= 0.3 is 0 Å². The lowest BCUT2D eigenvalue weighted by molar-refractivity contribution is -0.150. The normalized spacial score (nSPS) is 14.8. The predicted molar refractivity (Wildman–Crippen MR) is 136 cm³/mol. The zero-order chi connectivity index (χ0) is 25.8. The number of nitrogens with one attached hydrogen (secondary N) is 3. The van der Waals surface area contributed by atoms with Crippen molar-refractivity contribution in [2.75, 3.05) is 26.7 Å². The summed E-state index contributed by atoms with van der Waals surface area (Å²) in [6, 6.07) is 11.8. The number of amides is 4. The molecule has 2 heterocycles. The molecule has 0 bridgehead atoms. The van der Waals surface area contributed by atoms with E-state index in [-0.39, 0.29) is 44.4 Å². The lowest BCUT2D eigenvalue weighted by atomic mass is 10.0. The third-order valence-electron chi connectivity index (χ3n) is 6.01. The summed E-state index contributed by atoms with van der Waals surface area (Å²) >= 11 is 12.0. The Balaban J connectivity index is 1.48. The summed E-state index contributed by atoms with van der Waals surface area (Å²) in [5, 5.41) is 7.29. The number of fused-ring (bicyclic) bond motifs is 1. The van der Waals surface area contributed by atoms with Gasteiger partial charge < -0.3 is 25.4 Å². The Morgan fingerprint density at radius 3 is 2.61 bits per heavy atom. The van der Waals surface area contributed by atoms with Crippen LogP contribution in [0.5, 0.6) is 0 Å². The lowest BCUT2D eigenvalue weighted by Crippen LogP contribution is -2.56. The first kappa shape index (κ1) is 25.5. The van der Waals surface area contributed by atoms with E-state index in [0.29, 0.717) is 10.0 Å². The number of hydrogen-bond donors (Lipinski definition) is 3. The Labute approximate surface area is 217 Å². The minimum Gasteiger partial charge on any atom is -0.361 e. The van der Waals surface area contributed by atoms with Gasteiger partial charge in [-0.1, -0.05) is 47.5 Å². The highest BCUT2D eigenvalue weighted by molar-refractivity contribution is 6.42. The molecule has 3 N–H and O–H groups in total. The summed E-state index contributed by atoms with van der Waals surface area (Å²) in [6.07, 6.45) is 2.03. The molecule has 4 rings (SSSR count). The molecule has 0 saturated carbocycles. The molecule has 188 valence electrons. The zero-order valence-electron chi connectivity index (χ0n) is 19.5. The van der Waals surface area contributed by atoms with Crippen molar-refractivity contribution in [1.82, 2.24) is 25.4 Å². The summed E-state index contributed by atoms with van der Waals surface area (Å²) in [7, 11) is 1.53. The molecule has 2 aromatic carbocycles. The van der Waals surface area contributed by atoms with Crippen LogP contribution in [0.1, 0.15) is 11.1 Å². The van der Waals surface area contributed by atoms with E-state index in [4.69, 9.17) is 23.2 Å². The topological polar surface area (TPSA) is 115 Å². The number of likely N-dealkylation sites (N-methyl/N-ethyl adjacent to an activating group) is 1. The number of para-hydroxylation sites is 1. The van der Waals surface area contributed by atoms with Crippen LogP contribution in [0.4, 0.5) is 0 Å². The van der Waals surface area contributed by atoms with Crippen molar-refractivity contribution in [3.8, 4) is 0 Å². The van der Waals surface area contributed by atoms with Gasteiger partial charge in [0.25, 0.3) is 0 Å². The fourth-order valence-corrected chi connectivity index (χ4v) is 4.33. The van der Waals surface area contributed by atoms with Crippen LogP contribution in [0.25, 0.3) is 10.9 Å². The summed E-state index contributed by atoms with van der Waals surface area (Å²) in [6.45, 7) is -0.404. The molecule has 1 atom stereocenters. The highest BCUT2D eigenvalue weighted by Gasteiger charge is 2.30. The third kappa shape index (κ3) is 5.98. The number of aromatic nitrogens is 1. The van der Waals surface area contributed by atoms with Gasteiger partial charge in [-0.2, -0.15) is 0 Å². The zero-order valence-corrected chi connectivity index (χ0v) is 21.0. The number of carbonyl (C=O) groups is 4. The van der Waals surface area contributed by atoms with Crippen molar-refractivity contribution in [3.63, 3.8) is 0 Å². The number of piperazine rings is 1. The Bertz CT molecular complexity index is 1320. The van der Waals surface area contributed by atoms with Crippen molar-refractivity contribution < 1.29 is 19.2 Å². The van der Waals surface area contributed by atoms with E-state index in [1.54, 1.807) is 24.4 Å². The molecule has 1 aliphatic rings. The molecule has 36 heavy (non-hydrogen) atoms. The Hall–Kier alpha value is -3.56. The van der Waals surface area contributed by atoms with Gasteiger partial charge in [0, 0.05) is 37.1 Å². The monoisotopic (exact) mass is 529 g/mol. The quantitative estimate of drug-likeness (QED) is 0.414. The fraction of sp³-hybridized carbons (Fsp3) is 0.280. The van der Waals surface area contributed by atoms with Crippen molar-refractivity contribution >= 4 is 57.7 Å². The van der Waals surface area contributed by atoms with Crippen LogP contribution < -0.4 is 10.6 Å². The molecule has 0 spiro atoms. The van der Waals surface area contributed by atoms with E-state index >= 15 is 0 Å². The summed E-state index contributed by atoms with van der Waals surface area (Å²) < 4.78 is 0. The van der Waals surface area contributed by atoms with Gasteiger partial charge in [0.2, 0.25) is 23.6 Å². The van der Waals surface area contributed by atoms with Gasteiger partial charge in [-0.05, 0) is 29.3 Å². The second kappa shape index (κ2) is 11.0. The smallest absolute Gasteiger partial charge is 0.243 e. The largest absolute Gasteiger partial charge is 0.361 e. The highest BCUT2D eigenvalue weighted by atomic mass is 35.5. The van der Waals surface area contributed by atoms with Crippen LogP contribution in [0.15, 0.2) is 48.7 Å². The van der Waals surface area contributed by atoms with Gasteiger partial charge in [-0.15, -0.1) is 0 Å². The van der Waals surface area contributed by atoms with Crippen molar-refractivity contribution in [3.05, 3.63) is 69.8 Å². The van der Waals surface area contributed by atoms with Gasteiger partial charge in [-0.25, -0.2) is 0 Å². The SMILES string of the molecule is CN1CC(=O)N(CC(=O)NC(Cc2c[nH]c3ccccc23)C(=O)NCc2ccc(Cl)c(Cl)c2)CC1=O. The number of hydrogen-bond acceptors (Lipinski definition) is 4. The van der Waals surface area contributed by atoms with Crippen LogP contribution in [0.2, 0.25) is 10.0 Å². The Morgan fingerprint density at radius 2 is 1.83 bits per heavy atom. The highest BCUT2D eigenvalue weighted by Crippen LogP contribution is 2.23. The lowest BCUT2D eigenvalue weighted by Gasteiger charge is -2.31. The van der Waals surface area contributed by atoms with E-state index in [0.717, 1.165) is 22.0 Å². The summed E-state index contributed by atoms with van der Waals surface area (Å²) in [5.41, 5.74) is 2.51. The van der Waals surface area contributed by atoms with E-state index in [1.807, 2.05) is 24.3 Å². The number of benzene rings is 2. The molecule has 1 aromatic heterocycles. The van der Waals surface area contributed by atoms with Crippen LogP contribution in [0.3, 0.4) is 0 Å². The van der Waals surface area contributed by atoms with Crippen LogP contribution in [0, 0.1) is 0 Å². The molecular formula is C25H25Cl2N5O4. The van der Waals surface area contributed by atoms with E-state index < -0.39 is 17.9 Å². The molecule has 1 aliphatic heterocycles. The molecular weight excluding hydrogens is 505 g/mol. The van der Waals surface area contributed by atoms with Gasteiger partial charge in [0.1, 0.15) is 19.1 Å². The van der Waals surface area contributed by atoms with E-state index in [9.17, 15) is 19.2 Å². The molecule has 1 fully saturated rings. The molecule has 1 saturated heterocycles. The van der Waals surface area contributed by atoms with Crippen LogP contribution >= 0.6 is 23.2 Å². The van der Waals surface area contributed by atoms with Crippen molar-refractivity contribution in [2.45, 2.75) is 19.0 Å². The van der Waals surface area contributed by atoms with Crippen LogP contribution in [-0.2, 0) is 32.1 Å². The molecule has 1 unspecified atom stereocenters. The minimum absolute atomic E-state index is 0.0883. The second-order valence-electron chi connectivity index (χ2n) is 8.65. The third-order valence-corrected chi connectivity index (χ3v) is 6.75. The van der Waals surface area contributed by atoms with Crippen molar-refractivity contribution in [2.24, 2.45) is 0 Å². The van der Waals surface area contributed by atoms with Gasteiger partial charge in [0.05, 0.1) is 16.6 Å². The van der Waals surface area contributed by atoms with Crippen LogP contribution in [-0.4, -0.2) is 71.1 Å². The first-order valence-electron chi connectivity index (χ1n) is 11.3. The first-order chi connectivity index (χ1) is 17.2. The standard InChI is InChI=1S/C25H25Cl2N5O4/c1-31-13-24(35)32(14-23(31)34)12-22(33)30-21(9-16-11-28-20-5-3-2-4-17(16)20)25(36)29-10-15-6-7-18(26)19(27)8-15/h2-8,11,21,28H,9-10,12-14H2,1H3,(H,29,36)(H,30,33). The Kier molecular flexibility index (Phi) is 7.81. The first-order valence-corrected chi connectivity index (χ1v) is 12.0. The summed E-state index contributed by atoms with van der Waals surface area (Å²) in [4.78, 5) is 56.0. The molecule has 0 radical (unpaired) electrons. The predicted octanol–water partition coefficient (Wildman–Crippen LogP) is 2.12. The van der Waals surface area contributed by atoms with Gasteiger partial charge in [0.15, 0.2) is 0 Å². The average molecular weight is 530 g/mol. The average Bonchev–Trinajstić information content (AvgIpc) is 3.25. The van der Waals surface area contributed by atoms with E-state index in [2.05, 4.69) is 15.6 Å². The molecule has 4 amide bonds. The molecule has 11 heteroatoms. The summed E-state index contributed by atoms with van der Waals surface area (Å²) in [5.74, 6) is -1.52. The number of nitrogens with zero attached hydrogens (tertiary/aromatic N) is 2. The molecule has 9 nitrogen and oxygen atoms in total.